The van der Waals surface area contributed by atoms with Crippen LogP contribution in [0, 0.1) is 29.1 Å². The van der Waals surface area contributed by atoms with Crippen molar-refractivity contribution in [2.24, 2.45) is 17.3 Å². The molecule has 1 aliphatic rings. The SMILES string of the molecule is COC[C@@H](C(=O)N(C)C)N(c1cc(C#CC(C)(C)C)sc1C(=O)O)C(=O)[C@H]1CC[C@H](C)CC1. The van der Waals surface area contributed by atoms with Gasteiger partial charge >= 0.3 is 5.97 Å². The summed E-state index contributed by atoms with van der Waals surface area (Å²) in [5.41, 5.74) is -0.0482. The number of anilines is 1. The van der Waals surface area contributed by atoms with E-state index < -0.39 is 12.0 Å². The molecular weight excluding hydrogens is 440 g/mol. The number of nitrogens with zero attached hydrogens (tertiary/aromatic N) is 2. The van der Waals surface area contributed by atoms with Crippen LogP contribution in [-0.2, 0) is 14.3 Å². The highest BCUT2D eigenvalue weighted by molar-refractivity contribution is 7.15. The molecule has 1 aliphatic carbocycles. The molecule has 2 amide bonds. The summed E-state index contributed by atoms with van der Waals surface area (Å²) in [4.78, 5) is 42.4. The Labute approximate surface area is 201 Å². The van der Waals surface area contributed by atoms with Crippen molar-refractivity contribution < 1.29 is 24.2 Å². The standard InChI is InChI=1S/C25H36N2O5S/c1-16-8-10-17(11-9-16)22(28)27(20(15-32-7)23(29)26(5)6)19-14-18(12-13-25(2,3)4)33-21(19)24(30)31/h14,16-17,20H,8-11,15H2,1-7H3,(H,30,31)/t16-,17-,20-/m0/s1. The molecule has 0 bridgehead atoms. The van der Waals surface area contributed by atoms with Gasteiger partial charge in [-0.05, 0) is 58.4 Å². The van der Waals surface area contributed by atoms with Gasteiger partial charge in [0.2, 0.25) is 11.8 Å². The van der Waals surface area contributed by atoms with Crippen molar-refractivity contribution in [3.8, 4) is 11.8 Å². The second-order valence-corrected chi connectivity index (χ2v) is 11.1. The Hall–Kier alpha value is -2.37. The van der Waals surface area contributed by atoms with Crippen molar-refractivity contribution in [2.45, 2.75) is 59.4 Å². The van der Waals surface area contributed by atoms with Gasteiger partial charge in [-0.2, -0.15) is 0 Å². The Kier molecular flexibility index (Phi) is 9.10. The van der Waals surface area contributed by atoms with Crippen molar-refractivity contribution in [3.05, 3.63) is 15.8 Å². The lowest BCUT2D eigenvalue weighted by Gasteiger charge is -2.36. The smallest absolute Gasteiger partial charge is 0.348 e. The van der Waals surface area contributed by atoms with Gasteiger partial charge in [-0.15, -0.1) is 11.3 Å². The van der Waals surface area contributed by atoms with E-state index in [1.165, 1.54) is 16.9 Å². The van der Waals surface area contributed by atoms with Gasteiger partial charge in [0.1, 0.15) is 10.9 Å². The molecule has 1 aromatic heterocycles. The van der Waals surface area contributed by atoms with E-state index in [4.69, 9.17) is 4.74 Å². The first kappa shape index (κ1) is 26.9. The number of amides is 2. The molecule has 2 rings (SSSR count). The number of rotatable bonds is 7. The summed E-state index contributed by atoms with van der Waals surface area (Å²) in [6.45, 7) is 8.04. The molecule has 1 saturated carbocycles. The van der Waals surface area contributed by atoms with Gasteiger partial charge in [0.25, 0.3) is 0 Å². The van der Waals surface area contributed by atoms with Crippen molar-refractivity contribution >= 4 is 34.8 Å². The number of hydrogen-bond donors (Lipinski definition) is 1. The molecule has 1 aromatic rings. The average Bonchev–Trinajstić information content (AvgIpc) is 3.15. The fraction of sp³-hybridized carbons (Fsp3) is 0.640. The van der Waals surface area contributed by atoms with E-state index in [0.29, 0.717) is 10.8 Å². The van der Waals surface area contributed by atoms with Crippen LogP contribution in [0.4, 0.5) is 5.69 Å². The number of carbonyl (C=O) groups is 3. The number of aromatic carboxylic acids is 1. The van der Waals surface area contributed by atoms with Crippen LogP contribution in [0.15, 0.2) is 6.07 Å². The highest BCUT2D eigenvalue weighted by Crippen LogP contribution is 2.36. The minimum Gasteiger partial charge on any atom is -0.477 e. The molecular formula is C25H36N2O5S. The van der Waals surface area contributed by atoms with E-state index >= 15 is 0 Å². The predicted molar refractivity (Wildman–Crippen MR) is 131 cm³/mol. The zero-order valence-corrected chi connectivity index (χ0v) is 21.5. The fourth-order valence-electron chi connectivity index (χ4n) is 3.88. The summed E-state index contributed by atoms with van der Waals surface area (Å²) < 4.78 is 5.32. The maximum absolute atomic E-state index is 13.8. The summed E-state index contributed by atoms with van der Waals surface area (Å²) in [5, 5.41) is 9.94. The Balaban J connectivity index is 2.64. The molecule has 0 unspecified atom stereocenters. The maximum atomic E-state index is 13.8. The van der Waals surface area contributed by atoms with Crippen molar-refractivity contribution in [1.82, 2.24) is 4.90 Å². The van der Waals surface area contributed by atoms with Crippen LogP contribution < -0.4 is 4.90 Å². The predicted octanol–water partition coefficient (Wildman–Crippen LogP) is 4.11. The normalized spacial score (nSPS) is 19.2. The Bertz CT molecular complexity index is 927. The second kappa shape index (κ2) is 11.2. The van der Waals surface area contributed by atoms with E-state index in [-0.39, 0.29) is 40.3 Å². The van der Waals surface area contributed by atoms with Crippen molar-refractivity contribution in [1.29, 1.82) is 0 Å². The molecule has 8 heteroatoms. The first-order chi connectivity index (χ1) is 15.4. The quantitative estimate of drug-likeness (QED) is 0.599. The molecule has 0 saturated heterocycles. The number of ether oxygens (including phenoxy) is 1. The lowest BCUT2D eigenvalue weighted by Crippen LogP contribution is -2.54. The maximum Gasteiger partial charge on any atom is 0.348 e. The van der Waals surface area contributed by atoms with Crippen LogP contribution in [0.2, 0.25) is 0 Å². The Morgan fingerprint density at radius 1 is 1.21 bits per heavy atom. The monoisotopic (exact) mass is 476 g/mol. The minimum absolute atomic E-state index is 0.00149. The molecule has 7 nitrogen and oxygen atoms in total. The van der Waals surface area contributed by atoms with E-state index in [2.05, 4.69) is 18.8 Å². The molecule has 0 aliphatic heterocycles. The fourth-order valence-corrected chi connectivity index (χ4v) is 4.72. The van der Waals surface area contributed by atoms with Crippen LogP contribution in [0.1, 0.15) is 67.9 Å². The van der Waals surface area contributed by atoms with Gasteiger partial charge in [0.05, 0.1) is 17.2 Å². The second-order valence-electron chi connectivity index (χ2n) is 10.00. The molecule has 182 valence electrons. The van der Waals surface area contributed by atoms with Gasteiger partial charge in [-0.1, -0.05) is 18.8 Å². The van der Waals surface area contributed by atoms with Crippen molar-refractivity contribution in [3.63, 3.8) is 0 Å². The first-order valence-corrected chi connectivity index (χ1v) is 12.1. The minimum atomic E-state index is -1.15. The molecule has 1 atom stereocenters. The van der Waals surface area contributed by atoms with Gasteiger partial charge in [-0.3, -0.25) is 14.5 Å². The average molecular weight is 477 g/mol. The van der Waals surface area contributed by atoms with Gasteiger partial charge in [-0.25, -0.2) is 4.79 Å². The summed E-state index contributed by atoms with van der Waals surface area (Å²) >= 11 is 1.02. The third kappa shape index (κ3) is 7.05. The summed E-state index contributed by atoms with van der Waals surface area (Å²) in [6.07, 6.45) is 3.29. The summed E-state index contributed by atoms with van der Waals surface area (Å²) in [5.74, 6) is 4.75. The molecule has 0 aromatic carbocycles. The largest absolute Gasteiger partial charge is 0.477 e. The first-order valence-electron chi connectivity index (χ1n) is 11.3. The number of methoxy groups -OCH3 is 1. The highest BCUT2D eigenvalue weighted by atomic mass is 32.1. The molecule has 0 radical (unpaired) electrons. The third-order valence-corrected chi connectivity index (χ3v) is 6.72. The van der Waals surface area contributed by atoms with E-state index in [9.17, 15) is 19.5 Å². The number of thiophene rings is 1. The number of carboxylic acid groups (broad SMARTS) is 1. The highest BCUT2D eigenvalue weighted by Gasteiger charge is 2.39. The lowest BCUT2D eigenvalue weighted by molar-refractivity contribution is -0.134. The molecule has 1 N–H and O–H groups in total. The van der Waals surface area contributed by atoms with Crippen LogP contribution in [0.5, 0.6) is 0 Å². The lowest BCUT2D eigenvalue weighted by atomic mass is 9.82. The van der Waals surface area contributed by atoms with Gasteiger partial charge in [0, 0.05) is 32.5 Å². The van der Waals surface area contributed by atoms with Crippen LogP contribution in [0.25, 0.3) is 0 Å². The van der Waals surface area contributed by atoms with Crippen LogP contribution in [-0.4, -0.2) is 61.6 Å². The third-order valence-electron chi connectivity index (χ3n) is 5.69. The zero-order chi connectivity index (χ0) is 24.9. The Morgan fingerprint density at radius 2 is 1.82 bits per heavy atom. The summed E-state index contributed by atoms with van der Waals surface area (Å²) in [6, 6.07) is 0.662. The van der Waals surface area contributed by atoms with Gasteiger partial charge in [0.15, 0.2) is 0 Å². The van der Waals surface area contributed by atoms with E-state index in [1.54, 1.807) is 20.2 Å². The molecule has 1 heterocycles. The number of carboxylic acids is 1. The molecule has 0 spiro atoms. The topological polar surface area (TPSA) is 87.2 Å². The molecule has 33 heavy (non-hydrogen) atoms. The van der Waals surface area contributed by atoms with Crippen molar-refractivity contribution in [2.75, 3.05) is 32.7 Å². The number of carbonyl (C=O) groups excluding carboxylic acids is 2. The van der Waals surface area contributed by atoms with Crippen LogP contribution >= 0.6 is 11.3 Å². The Morgan fingerprint density at radius 3 is 2.30 bits per heavy atom. The van der Waals surface area contributed by atoms with Gasteiger partial charge < -0.3 is 14.7 Å². The number of likely N-dealkylation sites (N-methyl/N-ethyl adjacent to an activating group) is 1. The number of hydrogen-bond acceptors (Lipinski definition) is 5. The summed E-state index contributed by atoms with van der Waals surface area (Å²) in [7, 11) is 4.69. The molecule has 1 fully saturated rings. The van der Waals surface area contributed by atoms with E-state index in [1.807, 2.05) is 20.8 Å². The van der Waals surface area contributed by atoms with E-state index in [0.717, 1.165) is 37.0 Å². The van der Waals surface area contributed by atoms with Crippen LogP contribution in [0.3, 0.4) is 0 Å². The zero-order valence-electron chi connectivity index (χ0n) is 20.7.